The summed E-state index contributed by atoms with van der Waals surface area (Å²) in [5.41, 5.74) is 1.08. The van der Waals surface area contributed by atoms with E-state index in [0.29, 0.717) is 23.2 Å². The summed E-state index contributed by atoms with van der Waals surface area (Å²) in [4.78, 5) is 4.21. The van der Waals surface area contributed by atoms with Gasteiger partial charge in [-0.2, -0.15) is 0 Å². The van der Waals surface area contributed by atoms with Gasteiger partial charge in [-0.15, -0.1) is 0 Å². The minimum Gasteiger partial charge on any atom is -0.336 e. The van der Waals surface area contributed by atoms with Crippen LogP contribution < -0.4 is 10.0 Å². The Labute approximate surface area is 129 Å². The van der Waals surface area contributed by atoms with Gasteiger partial charge in [0.2, 0.25) is 10.0 Å². The van der Waals surface area contributed by atoms with Crippen molar-refractivity contribution in [3.05, 3.63) is 18.0 Å². The molecule has 2 atom stereocenters. The van der Waals surface area contributed by atoms with Gasteiger partial charge in [-0.1, -0.05) is 12.1 Å². The van der Waals surface area contributed by atoms with Crippen LogP contribution in [0, 0.1) is 0 Å². The van der Waals surface area contributed by atoms with E-state index in [1.165, 1.54) is 6.20 Å². The molecule has 2 aromatic rings. The van der Waals surface area contributed by atoms with Gasteiger partial charge in [0.1, 0.15) is 4.90 Å². The molecule has 2 unspecified atom stereocenters. The largest absolute Gasteiger partial charge is 0.336 e. The van der Waals surface area contributed by atoms with Crippen LogP contribution in [0.3, 0.4) is 0 Å². The Kier molecular flexibility index (Phi) is 4.16. The maximum absolute atomic E-state index is 12.6. The summed E-state index contributed by atoms with van der Waals surface area (Å²) in [7, 11) is -3.61. The molecule has 1 aliphatic rings. The van der Waals surface area contributed by atoms with E-state index in [1.807, 2.05) is 13.8 Å². The number of pyridine rings is 1. The van der Waals surface area contributed by atoms with Gasteiger partial charge in [0.15, 0.2) is 0 Å². The smallest absolute Gasteiger partial charge is 0.258 e. The first kappa shape index (κ1) is 15.4. The van der Waals surface area contributed by atoms with Crippen LogP contribution in [0.15, 0.2) is 21.7 Å². The molecular formula is C14H20N4O3S. The van der Waals surface area contributed by atoms with Crippen molar-refractivity contribution < 1.29 is 12.9 Å². The summed E-state index contributed by atoms with van der Waals surface area (Å²) in [6, 6.07) is 1.59. The van der Waals surface area contributed by atoms with Crippen LogP contribution in [0.25, 0.3) is 11.1 Å². The zero-order chi connectivity index (χ0) is 15.7. The summed E-state index contributed by atoms with van der Waals surface area (Å²) >= 11 is 0. The van der Waals surface area contributed by atoms with Crippen molar-refractivity contribution >= 4 is 21.1 Å². The van der Waals surface area contributed by atoms with Crippen LogP contribution in [0.5, 0.6) is 0 Å². The normalized spacial score (nSPS) is 23.0. The Balaban J connectivity index is 1.91. The van der Waals surface area contributed by atoms with Crippen molar-refractivity contribution in [1.29, 1.82) is 0 Å². The minimum absolute atomic E-state index is 0.109. The quantitative estimate of drug-likeness (QED) is 0.877. The fourth-order valence-electron chi connectivity index (χ4n) is 2.73. The number of hydrogen-bond acceptors (Lipinski definition) is 6. The number of piperidine rings is 1. The molecule has 0 aliphatic carbocycles. The van der Waals surface area contributed by atoms with Crippen LogP contribution in [-0.4, -0.2) is 37.2 Å². The van der Waals surface area contributed by atoms with Crippen molar-refractivity contribution in [1.82, 2.24) is 20.2 Å². The maximum atomic E-state index is 12.6. The highest BCUT2D eigenvalue weighted by atomic mass is 32.2. The molecule has 0 spiro atoms. The fourth-order valence-corrected chi connectivity index (χ4v) is 4.06. The molecule has 0 radical (unpaired) electrons. The van der Waals surface area contributed by atoms with Crippen LogP contribution in [-0.2, 0) is 16.4 Å². The fraction of sp³-hybridized carbons (Fsp3) is 0.571. The van der Waals surface area contributed by atoms with Crippen molar-refractivity contribution in [2.75, 3.05) is 6.54 Å². The highest BCUT2D eigenvalue weighted by Gasteiger charge is 2.27. The summed E-state index contributed by atoms with van der Waals surface area (Å²) in [5, 5.41) is 7.84. The molecule has 1 aliphatic heterocycles. The maximum Gasteiger partial charge on any atom is 0.258 e. The Morgan fingerprint density at radius 3 is 3.05 bits per heavy atom. The van der Waals surface area contributed by atoms with Gasteiger partial charge in [0.05, 0.1) is 17.3 Å². The first-order valence-electron chi connectivity index (χ1n) is 7.51. The van der Waals surface area contributed by atoms with Gasteiger partial charge in [-0.3, -0.25) is 0 Å². The molecular weight excluding hydrogens is 304 g/mol. The monoisotopic (exact) mass is 324 g/mol. The number of hydrogen-bond donors (Lipinski definition) is 2. The van der Waals surface area contributed by atoms with Crippen molar-refractivity contribution in [3.8, 4) is 0 Å². The van der Waals surface area contributed by atoms with E-state index in [1.54, 1.807) is 6.07 Å². The zero-order valence-corrected chi connectivity index (χ0v) is 13.5. The van der Waals surface area contributed by atoms with Gasteiger partial charge in [-0.05, 0) is 38.8 Å². The summed E-state index contributed by atoms with van der Waals surface area (Å²) < 4.78 is 33.0. The van der Waals surface area contributed by atoms with E-state index in [9.17, 15) is 8.42 Å². The minimum atomic E-state index is -3.61. The highest BCUT2D eigenvalue weighted by Crippen LogP contribution is 2.21. The van der Waals surface area contributed by atoms with Crippen molar-refractivity contribution in [2.45, 2.75) is 50.1 Å². The van der Waals surface area contributed by atoms with Crippen LogP contribution in [0.1, 0.15) is 32.4 Å². The lowest BCUT2D eigenvalue weighted by molar-refractivity contribution is 0.349. The summed E-state index contributed by atoms with van der Waals surface area (Å²) in [5.74, 6) is 0. The second-order valence-corrected chi connectivity index (χ2v) is 7.33. The molecule has 120 valence electrons. The molecule has 0 saturated carbocycles. The SMILES string of the molecule is CCc1noc2ncc(S(=O)(=O)NC3CCCNC3C)cc12. The lowest BCUT2D eigenvalue weighted by Crippen LogP contribution is -2.51. The predicted octanol–water partition coefficient (Wildman–Crippen LogP) is 1.20. The third-order valence-electron chi connectivity index (χ3n) is 4.09. The van der Waals surface area contributed by atoms with E-state index in [-0.39, 0.29) is 17.0 Å². The first-order valence-corrected chi connectivity index (χ1v) is 8.99. The molecule has 7 nitrogen and oxygen atoms in total. The number of aromatic nitrogens is 2. The molecule has 1 saturated heterocycles. The van der Waals surface area contributed by atoms with Crippen molar-refractivity contribution in [2.24, 2.45) is 0 Å². The van der Waals surface area contributed by atoms with E-state index in [2.05, 4.69) is 20.2 Å². The van der Waals surface area contributed by atoms with E-state index in [0.717, 1.165) is 19.4 Å². The predicted molar refractivity (Wildman–Crippen MR) is 82.0 cm³/mol. The number of sulfonamides is 1. The number of nitrogens with zero attached hydrogens (tertiary/aromatic N) is 2. The average molecular weight is 324 g/mol. The second-order valence-electron chi connectivity index (χ2n) is 5.62. The third-order valence-corrected chi connectivity index (χ3v) is 5.55. The van der Waals surface area contributed by atoms with Gasteiger partial charge >= 0.3 is 0 Å². The molecule has 2 N–H and O–H groups in total. The van der Waals surface area contributed by atoms with E-state index >= 15 is 0 Å². The van der Waals surface area contributed by atoms with Crippen LogP contribution >= 0.6 is 0 Å². The average Bonchev–Trinajstić information content (AvgIpc) is 2.91. The molecule has 8 heteroatoms. The Bertz CT molecular complexity index is 771. The standard InChI is InChI=1S/C14H20N4O3S/c1-3-12-11-7-10(8-16-14(11)21-17-12)22(19,20)18-13-5-4-6-15-9(13)2/h7-9,13,15,18H,3-6H2,1-2H3. The molecule has 2 aromatic heterocycles. The van der Waals surface area contributed by atoms with Gasteiger partial charge in [0, 0.05) is 12.1 Å². The van der Waals surface area contributed by atoms with Crippen LogP contribution in [0.2, 0.25) is 0 Å². The molecule has 1 fully saturated rings. The zero-order valence-electron chi connectivity index (χ0n) is 12.7. The molecule has 3 rings (SSSR count). The number of fused-ring (bicyclic) bond motifs is 1. The Morgan fingerprint density at radius 2 is 2.32 bits per heavy atom. The molecule has 0 bridgehead atoms. The number of nitrogens with one attached hydrogen (secondary N) is 2. The topological polar surface area (TPSA) is 97.1 Å². The van der Waals surface area contributed by atoms with Gasteiger partial charge < -0.3 is 9.84 Å². The molecule has 0 aromatic carbocycles. The second kappa shape index (κ2) is 5.94. The first-order chi connectivity index (χ1) is 10.5. The molecule has 22 heavy (non-hydrogen) atoms. The van der Waals surface area contributed by atoms with Gasteiger partial charge in [0.25, 0.3) is 5.71 Å². The Hall–Kier alpha value is -1.51. The summed E-state index contributed by atoms with van der Waals surface area (Å²) in [6.07, 6.45) is 3.77. The number of rotatable bonds is 4. The van der Waals surface area contributed by atoms with E-state index in [4.69, 9.17) is 4.52 Å². The van der Waals surface area contributed by atoms with Crippen LogP contribution in [0.4, 0.5) is 0 Å². The molecule has 0 amide bonds. The number of aryl methyl sites for hydroxylation is 1. The van der Waals surface area contributed by atoms with Gasteiger partial charge in [-0.25, -0.2) is 18.1 Å². The van der Waals surface area contributed by atoms with Crippen molar-refractivity contribution in [3.63, 3.8) is 0 Å². The lowest BCUT2D eigenvalue weighted by atomic mass is 10.0. The summed E-state index contributed by atoms with van der Waals surface area (Å²) in [6.45, 7) is 4.85. The van der Waals surface area contributed by atoms with E-state index < -0.39 is 10.0 Å². The lowest BCUT2D eigenvalue weighted by Gasteiger charge is -2.30. The Morgan fingerprint density at radius 1 is 1.50 bits per heavy atom. The molecule has 3 heterocycles. The third kappa shape index (κ3) is 2.86. The highest BCUT2D eigenvalue weighted by molar-refractivity contribution is 7.89.